The van der Waals surface area contributed by atoms with E-state index in [-0.39, 0.29) is 11.9 Å². The van der Waals surface area contributed by atoms with E-state index in [1.165, 1.54) is 0 Å². The average Bonchev–Trinajstić information content (AvgIpc) is 2.65. The molecular formula is C23H31BFNO2. The van der Waals surface area contributed by atoms with Crippen molar-refractivity contribution in [2.45, 2.75) is 57.3 Å². The lowest BCUT2D eigenvalue weighted by Gasteiger charge is -2.39. The Kier molecular flexibility index (Phi) is 7.66. The SMILES string of the molecule is NC(CCCCB(O)O)C1CC(CCc2cccc(-c3ccccc3)c2F)C1. The second-order valence-corrected chi connectivity index (χ2v) is 8.21. The number of benzene rings is 2. The number of nitrogens with two attached hydrogens (primary N) is 1. The van der Waals surface area contributed by atoms with E-state index in [0.29, 0.717) is 23.7 Å². The van der Waals surface area contributed by atoms with Crippen LogP contribution in [0.15, 0.2) is 48.5 Å². The third-order valence-corrected chi connectivity index (χ3v) is 6.11. The minimum absolute atomic E-state index is 0.0904. The second kappa shape index (κ2) is 10.2. The van der Waals surface area contributed by atoms with Gasteiger partial charge in [-0.1, -0.05) is 61.4 Å². The molecule has 0 heterocycles. The van der Waals surface area contributed by atoms with Crippen molar-refractivity contribution in [3.05, 3.63) is 59.9 Å². The fourth-order valence-electron chi connectivity index (χ4n) is 4.29. The number of halogens is 1. The van der Waals surface area contributed by atoms with Crippen LogP contribution in [-0.2, 0) is 6.42 Å². The van der Waals surface area contributed by atoms with Gasteiger partial charge in [0.25, 0.3) is 0 Å². The number of hydrogen-bond acceptors (Lipinski definition) is 3. The predicted octanol–water partition coefficient (Wildman–Crippen LogP) is 4.42. The fraction of sp³-hybridized carbons (Fsp3) is 0.478. The van der Waals surface area contributed by atoms with E-state index in [0.717, 1.165) is 56.1 Å². The van der Waals surface area contributed by atoms with Crippen LogP contribution in [0.1, 0.15) is 44.1 Å². The molecule has 0 amide bonds. The summed E-state index contributed by atoms with van der Waals surface area (Å²) in [4.78, 5) is 0. The molecule has 28 heavy (non-hydrogen) atoms. The zero-order valence-corrected chi connectivity index (χ0v) is 16.4. The van der Waals surface area contributed by atoms with Crippen molar-refractivity contribution in [1.29, 1.82) is 0 Å². The van der Waals surface area contributed by atoms with Gasteiger partial charge in [0.2, 0.25) is 0 Å². The first-order valence-electron chi connectivity index (χ1n) is 10.5. The number of rotatable bonds is 10. The quantitative estimate of drug-likeness (QED) is 0.420. The summed E-state index contributed by atoms with van der Waals surface area (Å²) in [6.07, 6.45) is 7.15. The van der Waals surface area contributed by atoms with Crippen molar-refractivity contribution in [1.82, 2.24) is 0 Å². The Hall–Kier alpha value is -1.69. The van der Waals surface area contributed by atoms with Crippen LogP contribution in [0, 0.1) is 17.7 Å². The van der Waals surface area contributed by atoms with Gasteiger partial charge in [0, 0.05) is 11.6 Å². The van der Waals surface area contributed by atoms with E-state index in [1.807, 2.05) is 48.5 Å². The van der Waals surface area contributed by atoms with Gasteiger partial charge in [0.15, 0.2) is 0 Å². The summed E-state index contributed by atoms with van der Waals surface area (Å²) in [5.41, 5.74) is 8.69. The molecule has 1 aliphatic carbocycles. The molecule has 1 aliphatic rings. The summed E-state index contributed by atoms with van der Waals surface area (Å²) in [5, 5.41) is 17.7. The molecule has 3 nitrogen and oxygen atoms in total. The maximum Gasteiger partial charge on any atom is 0.451 e. The molecule has 1 fully saturated rings. The molecular weight excluding hydrogens is 352 g/mol. The Morgan fingerprint density at radius 1 is 1.04 bits per heavy atom. The lowest BCUT2D eigenvalue weighted by molar-refractivity contribution is 0.146. The van der Waals surface area contributed by atoms with Gasteiger partial charge >= 0.3 is 7.12 Å². The van der Waals surface area contributed by atoms with E-state index < -0.39 is 7.12 Å². The van der Waals surface area contributed by atoms with Gasteiger partial charge in [-0.05, 0) is 61.4 Å². The molecule has 0 spiro atoms. The first kappa shape index (κ1) is 21.0. The predicted molar refractivity (Wildman–Crippen MR) is 113 cm³/mol. The molecule has 2 aromatic carbocycles. The van der Waals surface area contributed by atoms with Crippen molar-refractivity contribution >= 4 is 7.12 Å². The van der Waals surface area contributed by atoms with Crippen molar-refractivity contribution in [3.8, 4) is 11.1 Å². The maximum absolute atomic E-state index is 14.9. The second-order valence-electron chi connectivity index (χ2n) is 8.21. The Balaban J connectivity index is 1.43. The molecule has 0 aliphatic heterocycles. The molecule has 1 saturated carbocycles. The third-order valence-electron chi connectivity index (χ3n) is 6.11. The molecule has 2 aromatic rings. The van der Waals surface area contributed by atoms with Crippen LogP contribution < -0.4 is 5.73 Å². The minimum Gasteiger partial charge on any atom is -0.427 e. The Morgan fingerprint density at radius 2 is 1.79 bits per heavy atom. The highest BCUT2D eigenvalue weighted by atomic mass is 19.1. The summed E-state index contributed by atoms with van der Waals surface area (Å²) in [6.45, 7) is 0. The molecule has 0 saturated heterocycles. The maximum atomic E-state index is 14.9. The molecule has 3 rings (SSSR count). The zero-order valence-electron chi connectivity index (χ0n) is 16.4. The Labute approximate surface area is 167 Å². The molecule has 1 unspecified atom stereocenters. The van der Waals surface area contributed by atoms with Crippen LogP contribution in [0.25, 0.3) is 11.1 Å². The highest BCUT2D eigenvalue weighted by molar-refractivity contribution is 6.40. The molecule has 5 heteroatoms. The third kappa shape index (κ3) is 5.66. The smallest absolute Gasteiger partial charge is 0.427 e. The normalized spacial score (nSPS) is 19.9. The van der Waals surface area contributed by atoms with Gasteiger partial charge in [0.05, 0.1) is 0 Å². The molecule has 1 atom stereocenters. The van der Waals surface area contributed by atoms with Crippen LogP contribution in [0.2, 0.25) is 6.32 Å². The van der Waals surface area contributed by atoms with E-state index in [9.17, 15) is 4.39 Å². The van der Waals surface area contributed by atoms with Gasteiger partial charge in [0.1, 0.15) is 5.82 Å². The molecule has 4 N–H and O–H groups in total. The van der Waals surface area contributed by atoms with E-state index in [4.69, 9.17) is 15.8 Å². The first-order valence-corrected chi connectivity index (χ1v) is 10.5. The number of aryl methyl sites for hydroxylation is 1. The summed E-state index contributed by atoms with van der Waals surface area (Å²) in [5.74, 6) is 1.10. The van der Waals surface area contributed by atoms with Gasteiger partial charge in [-0.25, -0.2) is 4.39 Å². The van der Waals surface area contributed by atoms with Crippen molar-refractivity contribution in [2.24, 2.45) is 17.6 Å². The average molecular weight is 383 g/mol. The lowest BCUT2D eigenvalue weighted by Crippen LogP contribution is -2.39. The fourth-order valence-corrected chi connectivity index (χ4v) is 4.29. The molecule has 0 aromatic heterocycles. The van der Waals surface area contributed by atoms with Crippen molar-refractivity contribution < 1.29 is 14.4 Å². The summed E-state index contributed by atoms with van der Waals surface area (Å²) in [6, 6.07) is 15.6. The van der Waals surface area contributed by atoms with Crippen LogP contribution >= 0.6 is 0 Å². The minimum atomic E-state index is -1.20. The summed E-state index contributed by atoms with van der Waals surface area (Å²) >= 11 is 0. The number of hydrogen-bond donors (Lipinski definition) is 3. The van der Waals surface area contributed by atoms with Gasteiger partial charge in [-0.2, -0.15) is 0 Å². The van der Waals surface area contributed by atoms with Gasteiger partial charge in [-0.15, -0.1) is 0 Å². The van der Waals surface area contributed by atoms with E-state index in [1.54, 1.807) is 0 Å². The van der Waals surface area contributed by atoms with Crippen LogP contribution in [0.5, 0.6) is 0 Å². The molecule has 150 valence electrons. The van der Waals surface area contributed by atoms with E-state index >= 15 is 0 Å². The zero-order chi connectivity index (χ0) is 19.9. The van der Waals surface area contributed by atoms with Gasteiger partial charge < -0.3 is 15.8 Å². The Morgan fingerprint density at radius 3 is 2.50 bits per heavy atom. The largest absolute Gasteiger partial charge is 0.451 e. The molecule has 0 radical (unpaired) electrons. The Bertz CT molecular complexity index is 735. The lowest BCUT2D eigenvalue weighted by atomic mass is 9.68. The molecule has 0 bridgehead atoms. The van der Waals surface area contributed by atoms with Gasteiger partial charge in [-0.3, -0.25) is 0 Å². The van der Waals surface area contributed by atoms with Crippen molar-refractivity contribution in [3.63, 3.8) is 0 Å². The first-order chi connectivity index (χ1) is 13.5. The van der Waals surface area contributed by atoms with Crippen LogP contribution in [0.3, 0.4) is 0 Å². The van der Waals surface area contributed by atoms with Crippen LogP contribution in [-0.4, -0.2) is 23.2 Å². The van der Waals surface area contributed by atoms with Crippen LogP contribution in [0.4, 0.5) is 4.39 Å². The van der Waals surface area contributed by atoms with Crippen molar-refractivity contribution in [2.75, 3.05) is 0 Å². The summed E-state index contributed by atoms with van der Waals surface area (Å²) < 4.78 is 14.9. The monoisotopic (exact) mass is 383 g/mol. The summed E-state index contributed by atoms with van der Waals surface area (Å²) in [7, 11) is -1.20. The van der Waals surface area contributed by atoms with E-state index in [2.05, 4.69) is 0 Å². The highest BCUT2D eigenvalue weighted by Crippen LogP contribution is 2.40. The highest BCUT2D eigenvalue weighted by Gasteiger charge is 2.32. The standard InChI is InChI=1S/C23H31BFNO2/c25-23-19(9-6-10-21(23)18-7-2-1-3-8-18)13-12-17-15-20(16-17)22(26)11-4-5-14-24(27)28/h1-3,6-10,17,20,22,27-28H,4-5,11-16,26H2. The topological polar surface area (TPSA) is 66.5 Å². The number of unbranched alkanes of at least 4 members (excludes halogenated alkanes) is 1.